The van der Waals surface area contributed by atoms with Crippen molar-refractivity contribution in [1.82, 2.24) is 4.98 Å². The molecule has 5 rings (SSSR count). The van der Waals surface area contributed by atoms with E-state index in [4.69, 9.17) is 0 Å². The van der Waals surface area contributed by atoms with Crippen LogP contribution in [-0.4, -0.2) is 10.9 Å². The number of benzene rings is 2. The van der Waals surface area contributed by atoms with E-state index < -0.39 is 0 Å². The van der Waals surface area contributed by atoms with Gasteiger partial charge in [0.15, 0.2) is 0 Å². The number of aromatic amines is 1. The van der Waals surface area contributed by atoms with Crippen LogP contribution in [0.3, 0.4) is 0 Å². The molecule has 0 radical (unpaired) electrons. The molecule has 1 aliphatic carbocycles. The molecule has 22 heavy (non-hydrogen) atoms. The molecule has 0 fully saturated rings. The highest BCUT2D eigenvalue weighted by atomic mass is 16.2. The van der Waals surface area contributed by atoms with E-state index in [9.17, 15) is 4.79 Å². The Morgan fingerprint density at radius 1 is 0.909 bits per heavy atom. The van der Waals surface area contributed by atoms with Crippen LogP contribution < -0.4 is 5.32 Å². The van der Waals surface area contributed by atoms with Gasteiger partial charge in [0.25, 0.3) is 0 Å². The summed E-state index contributed by atoms with van der Waals surface area (Å²) in [5.41, 5.74) is 6.07. The van der Waals surface area contributed by atoms with Gasteiger partial charge in [-0.2, -0.15) is 0 Å². The van der Waals surface area contributed by atoms with Crippen LogP contribution in [0.25, 0.3) is 10.9 Å². The van der Waals surface area contributed by atoms with E-state index in [1.807, 2.05) is 12.1 Å². The molecule has 3 aromatic rings. The first kappa shape index (κ1) is 12.0. The quantitative estimate of drug-likeness (QED) is 0.652. The van der Waals surface area contributed by atoms with Gasteiger partial charge < -0.3 is 10.3 Å². The summed E-state index contributed by atoms with van der Waals surface area (Å²) in [5, 5.41) is 4.38. The van der Waals surface area contributed by atoms with Crippen LogP contribution in [0.15, 0.2) is 48.5 Å². The number of anilines is 1. The van der Waals surface area contributed by atoms with Crippen molar-refractivity contribution in [2.24, 2.45) is 5.92 Å². The third kappa shape index (κ3) is 1.54. The summed E-state index contributed by atoms with van der Waals surface area (Å²) in [5.74, 6) is 0.486. The molecule has 2 N–H and O–H groups in total. The molecular formula is C19H16N2O. The van der Waals surface area contributed by atoms with Gasteiger partial charge in [-0.3, -0.25) is 4.79 Å². The molecule has 0 saturated carbocycles. The molecule has 3 heteroatoms. The van der Waals surface area contributed by atoms with Crippen molar-refractivity contribution < 1.29 is 4.79 Å². The van der Waals surface area contributed by atoms with E-state index in [2.05, 4.69) is 46.7 Å². The Morgan fingerprint density at radius 2 is 1.73 bits per heavy atom. The van der Waals surface area contributed by atoms with Gasteiger partial charge in [-0.1, -0.05) is 36.4 Å². The molecule has 1 aromatic heterocycles. The summed E-state index contributed by atoms with van der Waals surface area (Å²) in [6.07, 6.45) is 1.74. The van der Waals surface area contributed by atoms with Crippen LogP contribution in [0.5, 0.6) is 0 Å². The average Bonchev–Trinajstić information content (AvgIpc) is 2.91. The molecule has 0 bridgehead atoms. The van der Waals surface area contributed by atoms with Crippen molar-refractivity contribution in [1.29, 1.82) is 0 Å². The number of aromatic nitrogens is 1. The lowest BCUT2D eigenvalue weighted by atomic mass is 9.71. The van der Waals surface area contributed by atoms with Gasteiger partial charge in [-0.25, -0.2) is 0 Å². The van der Waals surface area contributed by atoms with Crippen molar-refractivity contribution in [2.45, 2.75) is 18.8 Å². The van der Waals surface area contributed by atoms with Gasteiger partial charge in [0.2, 0.25) is 5.91 Å². The first-order chi connectivity index (χ1) is 10.8. The number of carbonyl (C=O) groups is 1. The maximum atomic E-state index is 12.5. The van der Waals surface area contributed by atoms with Crippen LogP contribution in [0.4, 0.5) is 5.69 Å². The number of nitrogens with one attached hydrogen (secondary N) is 2. The molecule has 2 aromatic carbocycles. The predicted molar refractivity (Wildman–Crippen MR) is 87.0 cm³/mol. The Hall–Kier alpha value is -2.55. The van der Waals surface area contributed by atoms with Gasteiger partial charge in [0, 0.05) is 28.2 Å². The Bertz CT molecular complexity index is 909. The summed E-state index contributed by atoms with van der Waals surface area (Å²) in [6, 6.07) is 16.7. The Morgan fingerprint density at radius 3 is 2.68 bits per heavy atom. The molecule has 2 heterocycles. The lowest BCUT2D eigenvalue weighted by Crippen LogP contribution is -2.38. The van der Waals surface area contributed by atoms with Crippen LogP contribution >= 0.6 is 0 Å². The number of H-pyrrole nitrogens is 1. The minimum atomic E-state index is 0.0375. The normalized spacial score (nSPS) is 22.6. The Balaban J connectivity index is 1.70. The lowest BCUT2D eigenvalue weighted by Gasteiger charge is -2.36. The van der Waals surface area contributed by atoms with E-state index in [0.717, 1.165) is 18.5 Å². The Labute approximate surface area is 128 Å². The SMILES string of the molecule is O=C1Nc2ccccc2[C@H]2Cc3c([nH]c4ccccc34)C[C@H]12. The molecule has 3 nitrogen and oxygen atoms in total. The number of carbonyl (C=O) groups excluding carboxylic acids is 1. The largest absolute Gasteiger partial charge is 0.358 e. The van der Waals surface area contributed by atoms with Crippen LogP contribution in [0.1, 0.15) is 22.7 Å². The molecular weight excluding hydrogens is 272 g/mol. The third-order valence-corrected chi connectivity index (χ3v) is 5.19. The third-order valence-electron chi connectivity index (χ3n) is 5.19. The number of amides is 1. The molecule has 2 aliphatic rings. The highest BCUT2D eigenvalue weighted by molar-refractivity contribution is 5.97. The van der Waals surface area contributed by atoms with E-state index in [1.165, 1.54) is 27.7 Å². The highest BCUT2D eigenvalue weighted by Gasteiger charge is 2.40. The van der Waals surface area contributed by atoms with Gasteiger partial charge in [0.05, 0.1) is 5.92 Å². The summed E-state index contributed by atoms with van der Waals surface area (Å²) in [6.45, 7) is 0. The fourth-order valence-corrected chi connectivity index (χ4v) is 4.15. The van der Waals surface area contributed by atoms with Crippen LogP contribution in [0.2, 0.25) is 0 Å². The molecule has 108 valence electrons. The van der Waals surface area contributed by atoms with Crippen molar-refractivity contribution in [3.8, 4) is 0 Å². The molecule has 0 spiro atoms. The zero-order valence-electron chi connectivity index (χ0n) is 12.1. The summed E-state index contributed by atoms with van der Waals surface area (Å²) < 4.78 is 0. The summed E-state index contributed by atoms with van der Waals surface area (Å²) in [4.78, 5) is 16.0. The zero-order chi connectivity index (χ0) is 14.7. The number of rotatable bonds is 0. The van der Waals surface area contributed by atoms with Crippen LogP contribution in [0, 0.1) is 5.92 Å². The van der Waals surface area contributed by atoms with Crippen molar-refractivity contribution in [3.05, 3.63) is 65.4 Å². The standard InChI is InChI=1S/C19H16N2O/c22-19-15-10-18-14(12-6-2-3-7-16(12)20-18)9-13(15)11-5-1-4-8-17(11)21-19/h1-8,13,15,20H,9-10H2,(H,21,22)/t13-,15+/m1/s1. The number of hydrogen-bond donors (Lipinski definition) is 2. The predicted octanol–water partition coefficient (Wildman–Crippen LogP) is 3.62. The minimum Gasteiger partial charge on any atom is -0.358 e. The number of fused-ring (bicyclic) bond motifs is 6. The second-order valence-electron chi connectivity index (χ2n) is 6.33. The smallest absolute Gasteiger partial charge is 0.228 e. The monoisotopic (exact) mass is 288 g/mol. The van der Waals surface area contributed by atoms with E-state index in [0.29, 0.717) is 0 Å². The fourth-order valence-electron chi connectivity index (χ4n) is 4.15. The lowest BCUT2D eigenvalue weighted by molar-refractivity contribution is -0.121. The first-order valence-corrected chi connectivity index (χ1v) is 7.79. The molecule has 0 saturated heterocycles. The number of hydrogen-bond acceptors (Lipinski definition) is 1. The minimum absolute atomic E-state index is 0.0375. The zero-order valence-corrected chi connectivity index (χ0v) is 12.1. The molecule has 2 atom stereocenters. The van der Waals surface area contributed by atoms with E-state index >= 15 is 0 Å². The van der Waals surface area contributed by atoms with Gasteiger partial charge >= 0.3 is 0 Å². The summed E-state index contributed by atoms with van der Waals surface area (Å²) >= 11 is 0. The average molecular weight is 288 g/mol. The second kappa shape index (κ2) is 4.23. The molecule has 0 unspecified atom stereocenters. The first-order valence-electron chi connectivity index (χ1n) is 7.79. The highest BCUT2D eigenvalue weighted by Crippen LogP contribution is 2.44. The number of para-hydroxylation sites is 2. The Kier molecular flexibility index (Phi) is 2.31. The van der Waals surface area contributed by atoms with Crippen molar-refractivity contribution in [2.75, 3.05) is 5.32 Å². The van der Waals surface area contributed by atoms with Crippen LogP contribution in [-0.2, 0) is 17.6 Å². The van der Waals surface area contributed by atoms with Gasteiger partial charge in [-0.15, -0.1) is 0 Å². The van der Waals surface area contributed by atoms with E-state index in [1.54, 1.807) is 0 Å². The van der Waals surface area contributed by atoms with Crippen molar-refractivity contribution in [3.63, 3.8) is 0 Å². The second-order valence-corrected chi connectivity index (χ2v) is 6.33. The maximum Gasteiger partial charge on any atom is 0.228 e. The molecule has 1 amide bonds. The van der Waals surface area contributed by atoms with E-state index in [-0.39, 0.29) is 17.7 Å². The van der Waals surface area contributed by atoms with Gasteiger partial charge in [-0.05, 0) is 36.1 Å². The maximum absolute atomic E-state index is 12.5. The molecule has 1 aliphatic heterocycles. The topological polar surface area (TPSA) is 44.9 Å². The van der Waals surface area contributed by atoms with Crippen molar-refractivity contribution >= 4 is 22.5 Å². The fraction of sp³-hybridized carbons (Fsp3) is 0.211. The van der Waals surface area contributed by atoms with Gasteiger partial charge in [0.1, 0.15) is 0 Å². The summed E-state index contributed by atoms with van der Waals surface area (Å²) in [7, 11) is 0.